The number of carbonyl (C=O) groups excluding carboxylic acids is 2. The SMILES string of the molecule is COc1ccc(C(=O)CSc2nsc(SCC(=O)c3ccc(OC)c(OC)c3)c2C#N)cc1OC. The molecule has 0 unspecified atom stereocenters. The summed E-state index contributed by atoms with van der Waals surface area (Å²) in [5, 5.41) is 10.1. The van der Waals surface area contributed by atoms with Crippen LogP contribution in [-0.2, 0) is 0 Å². The van der Waals surface area contributed by atoms with Crippen molar-refractivity contribution in [3.63, 3.8) is 0 Å². The van der Waals surface area contributed by atoms with E-state index in [2.05, 4.69) is 10.4 Å². The van der Waals surface area contributed by atoms with Crippen molar-refractivity contribution >= 4 is 46.6 Å². The van der Waals surface area contributed by atoms with Gasteiger partial charge in [-0.05, 0) is 47.9 Å². The van der Waals surface area contributed by atoms with Gasteiger partial charge in [-0.1, -0.05) is 11.8 Å². The van der Waals surface area contributed by atoms with Gasteiger partial charge < -0.3 is 18.9 Å². The summed E-state index contributed by atoms with van der Waals surface area (Å²) in [6.45, 7) is 0. The third kappa shape index (κ3) is 6.28. The van der Waals surface area contributed by atoms with Gasteiger partial charge in [-0.15, -0.1) is 11.8 Å². The first-order valence-electron chi connectivity index (χ1n) is 10.1. The normalized spacial score (nSPS) is 10.4. The van der Waals surface area contributed by atoms with E-state index in [9.17, 15) is 14.9 Å². The van der Waals surface area contributed by atoms with Crippen molar-refractivity contribution in [2.24, 2.45) is 0 Å². The number of hydrogen-bond donors (Lipinski definition) is 0. The second-order valence-corrected chi connectivity index (χ2v) is 9.81. The number of aromatic nitrogens is 1. The van der Waals surface area contributed by atoms with Crippen LogP contribution in [0.25, 0.3) is 0 Å². The molecule has 0 aliphatic heterocycles. The number of benzene rings is 2. The summed E-state index contributed by atoms with van der Waals surface area (Å²) in [6, 6.07) is 12.1. The Labute approximate surface area is 215 Å². The van der Waals surface area contributed by atoms with Gasteiger partial charge >= 0.3 is 0 Å². The van der Waals surface area contributed by atoms with Crippen LogP contribution in [0.2, 0.25) is 0 Å². The second kappa shape index (κ2) is 12.5. The molecule has 0 aliphatic carbocycles. The van der Waals surface area contributed by atoms with Gasteiger partial charge in [0.05, 0.1) is 39.9 Å². The van der Waals surface area contributed by atoms with Crippen LogP contribution in [0.1, 0.15) is 26.3 Å². The molecule has 0 saturated carbocycles. The molecule has 1 heterocycles. The standard InChI is InChI=1S/C24H22N2O6S3/c1-29-19-7-5-14(9-21(19)31-3)17(27)12-33-23-16(11-25)24(35-26-23)34-13-18(28)15-6-8-20(30-2)22(10-15)32-4/h5-10H,12-13H2,1-4H3. The number of nitrogens with zero attached hydrogens (tertiary/aromatic N) is 2. The summed E-state index contributed by atoms with van der Waals surface area (Å²) in [5.41, 5.74) is 1.32. The number of ketones is 2. The minimum absolute atomic E-state index is 0.0998. The Morgan fingerprint density at radius 2 is 1.31 bits per heavy atom. The van der Waals surface area contributed by atoms with Gasteiger partial charge in [0.1, 0.15) is 20.9 Å². The first-order chi connectivity index (χ1) is 16.9. The fraction of sp³-hybridized carbons (Fsp3) is 0.250. The zero-order valence-corrected chi connectivity index (χ0v) is 21.9. The van der Waals surface area contributed by atoms with Crippen molar-refractivity contribution in [2.75, 3.05) is 39.9 Å². The molecule has 0 aliphatic rings. The molecule has 0 saturated heterocycles. The summed E-state index contributed by atoms with van der Waals surface area (Å²) >= 11 is 3.56. The molecule has 0 spiro atoms. The molecule has 0 amide bonds. The number of hydrogen-bond acceptors (Lipinski definition) is 11. The molecule has 3 aromatic rings. The maximum absolute atomic E-state index is 12.7. The summed E-state index contributed by atoms with van der Waals surface area (Å²) in [6.07, 6.45) is 0. The molecular formula is C24H22N2O6S3. The monoisotopic (exact) mass is 530 g/mol. The zero-order valence-electron chi connectivity index (χ0n) is 19.4. The minimum atomic E-state index is -0.134. The van der Waals surface area contributed by atoms with Crippen LogP contribution in [0.15, 0.2) is 45.6 Å². The number of carbonyl (C=O) groups is 2. The van der Waals surface area contributed by atoms with Gasteiger partial charge in [-0.2, -0.15) is 9.64 Å². The number of nitriles is 1. The quantitative estimate of drug-likeness (QED) is 0.234. The van der Waals surface area contributed by atoms with Crippen LogP contribution in [0.4, 0.5) is 0 Å². The molecule has 0 bridgehead atoms. The van der Waals surface area contributed by atoms with Gasteiger partial charge in [0.2, 0.25) is 0 Å². The van der Waals surface area contributed by atoms with Crippen molar-refractivity contribution in [3.8, 4) is 29.1 Å². The third-order valence-electron chi connectivity index (χ3n) is 4.83. The van der Waals surface area contributed by atoms with Gasteiger partial charge in [0.15, 0.2) is 34.6 Å². The van der Waals surface area contributed by atoms with E-state index in [1.165, 1.54) is 52.0 Å². The molecule has 11 heteroatoms. The van der Waals surface area contributed by atoms with Crippen molar-refractivity contribution in [1.82, 2.24) is 4.37 Å². The maximum atomic E-state index is 12.7. The fourth-order valence-electron chi connectivity index (χ4n) is 3.00. The van der Waals surface area contributed by atoms with E-state index in [0.717, 1.165) is 11.5 Å². The Balaban J connectivity index is 1.65. The molecular weight excluding hydrogens is 508 g/mol. The van der Waals surface area contributed by atoms with Crippen LogP contribution >= 0.6 is 35.1 Å². The van der Waals surface area contributed by atoms with Crippen LogP contribution in [0.3, 0.4) is 0 Å². The third-order valence-corrected chi connectivity index (χ3v) is 8.01. The van der Waals surface area contributed by atoms with E-state index in [0.29, 0.717) is 48.9 Å². The van der Waals surface area contributed by atoms with Gasteiger partial charge in [-0.25, -0.2) is 0 Å². The Hall–Kier alpha value is -3.20. The fourth-order valence-corrected chi connectivity index (χ4v) is 5.89. The highest BCUT2D eigenvalue weighted by Crippen LogP contribution is 2.36. The molecule has 1 aromatic heterocycles. The summed E-state index contributed by atoms with van der Waals surface area (Å²) in [4.78, 5) is 25.3. The highest BCUT2D eigenvalue weighted by molar-refractivity contribution is 8.02. The number of rotatable bonds is 12. The molecule has 2 aromatic carbocycles. The number of methoxy groups -OCH3 is 4. The Morgan fingerprint density at radius 3 is 1.77 bits per heavy atom. The van der Waals surface area contributed by atoms with Crippen LogP contribution in [-0.4, -0.2) is 55.9 Å². The highest BCUT2D eigenvalue weighted by atomic mass is 32.2. The van der Waals surface area contributed by atoms with Crippen molar-refractivity contribution in [1.29, 1.82) is 5.26 Å². The van der Waals surface area contributed by atoms with Gasteiger partial charge in [0, 0.05) is 11.1 Å². The lowest BCUT2D eigenvalue weighted by molar-refractivity contribution is 0.101. The molecule has 8 nitrogen and oxygen atoms in total. The topological polar surface area (TPSA) is 108 Å². The first-order valence-corrected chi connectivity index (χ1v) is 12.9. The molecule has 0 N–H and O–H groups in total. The van der Waals surface area contributed by atoms with Crippen molar-refractivity contribution < 1.29 is 28.5 Å². The average molecular weight is 531 g/mol. The number of ether oxygens (including phenoxy) is 4. The lowest BCUT2D eigenvalue weighted by Gasteiger charge is -2.09. The Kier molecular flexibility index (Phi) is 9.42. The Bertz CT molecular complexity index is 1180. The van der Waals surface area contributed by atoms with Gasteiger partial charge in [-0.3, -0.25) is 9.59 Å². The summed E-state index contributed by atoms with van der Waals surface area (Å²) in [5.74, 6) is 1.98. The molecule has 0 fully saturated rings. The Morgan fingerprint density at radius 1 is 0.829 bits per heavy atom. The maximum Gasteiger partial charge on any atom is 0.173 e. The first kappa shape index (κ1) is 26.4. The molecule has 0 radical (unpaired) electrons. The van der Waals surface area contributed by atoms with E-state index < -0.39 is 0 Å². The van der Waals surface area contributed by atoms with E-state index >= 15 is 0 Å². The van der Waals surface area contributed by atoms with Crippen molar-refractivity contribution in [3.05, 3.63) is 53.1 Å². The zero-order chi connectivity index (χ0) is 25.4. The predicted octanol–water partition coefficient (Wildman–Crippen LogP) is 5.00. The second-order valence-electron chi connectivity index (χ2n) is 6.83. The lowest BCUT2D eigenvalue weighted by atomic mass is 10.1. The van der Waals surface area contributed by atoms with E-state index in [-0.39, 0.29) is 23.1 Å². The van der Waals surface area contributed by atoms with Crippen LogP contribution < -0.4 is 18.9 Å². The molecule has 182 valence electrons. The van der Waals surface area contributed by atoms with Gasteiger partial charge in [0.25, 0.3) is 0 Å². The lowest BCUT2D eigenvalue weighted by Crippen LogP contribution is -2.04. The van der Waals surface area contributed by atoms with E-state index in [1.807, 2.05) is 0 Å². The number of Topliss-reactive ketones (excluding diaryl/α,β-unsaturated/α-hetero) is 2. The number of thioether (sulfide) groups is 2. The minimum Gasteiger partial charge on any atom is -0.493 e. The smallest absolute Gasteiger partial charge is 0.173 e. The largest absolute Gasteiger partial charge is 0.493 e. The summed E-state index contributed by atoms with van der Waals surface area (Å²) < 4.78 is 25.9. The van der Waals surface area contributed by atoms with E-state index in [1.54, 1.807) is 36.4 Å². The predicted molar refractivity (Wildman–Crippen MR) is 136 cm³/mol. The highest BCUT2D eigenvalue weighted by Gasteiger charge is 2.19. The van der Waals surface area contributed by atoms with Crippen LogP contribution in [0.5, 0.6) is 23.0 Å². The summed E-state index contributed by atoms with van der Waals surface area (Å²) in [7, 11) is 6.06. The van der Waals surface area contributed by atoms with Crippen LogP contribution in [0, 0.1) is 11.3 Å². The molecule has 3 rings (SSSR count). The molecule has 0 atom stereocenters. The van der Waals surface area contributed by atoms with E-state index in [4.69, 9.17) is 18.9 Å². The molecule has 35 heavy (non-hydrogen) atoms. The van der Waals surface area contributed by atoms with Crippen molar-refractivity contribution in [2.45, 2.75) is 9.24 Å². The average Bonchev–Trinajstić information content (AvgIpc) is 3.30.